The molecule has 3 rings (SSSR count). The summed E-state index contributed by atoms with van der Waals surface area (Å²) in [7, 11) is 2.93. The topological polar surface area (TPSA) is 140 Å². The van der Waals surface area contributed by atoms with E-state index in [2.05, 4.69) is 25.0 Å². The molecule has 0 amide bonds. The van der Waals surface area contributed by atoms with Crippen LogP contribution in [0.15, 0.2) is 11.4 Å². The molecule has 0 bridgehead atoms. The number of hydrogen-bond acceptors (Lipinski definition) is 8. The number of aliphatic hydroxyl groups excluding tert-OH is 1. The van der Waals surface area contributed by atoms with Crippen molar-refractivity contribution in [2.75, 3.05) is 20.8 Å². The monoisotopic (exact) mass is 321 g/mol. The lowest BCUT2D eigenvalue weighted by Crippen LogP contribution is -2.22. The largest absolute Gasteiger partial charge is 0.479 e. The van der Waals surface area contributed by atoms with Crippen LogP contribution in [0.4, 0.5) is 0 Å². The number of azide groups is 1. The Kier molecular flexibility index (Phi) is 4.15. The highest BCUT2D eigenvalue weighted by molar-refractivity contribution is 5.76. The van der Waals surface area contributed by atoms with Gasteiger partial charge in [-0.1, -0.05) is 5.11 Å². The van der Waals surface area contributed by atoms with Gasteiger partial charge in [0.15, 0.2) is 11.2 Å². The van der Waals surface area contributed by atoms with Crippen molar-refractivity contribution in [2.45, 2.75) is 24.8 Å². The number of rotatable bonds is 5. The minimum absolute atomic E-state index is 0.138. The molecule has 0 aliphatic carbocycles. The van der Waals surface area contributed by atoms with E-state index in [9.17, 15) is 5.11 Å². The van der Waals surface area contributed by atoms with E-state index in [-0.39, 0.29) is 18.5 Å². The fraction of sp³-hybridized carbons (Fsp3) is 0.583. The molecule has 11 heteroatoms. The lowest BCUT2D eigenvalue weighted by Gasteiger charge is -2.14. The van der Waals surface area contributed by atoms with Crippen LogP contribution in [0.3, 0.4) is 0 Å². The number of aromatic nitrogens is 4. The van der Waals surface area contributed by atoms with Gasteiger partial charge in [0.1, 0.15) is 6.23 Å². The van der Waals surface area contributed by atoms with Crippen molar-refractivity contribution in [1.29, 1.82) is 0 Å². The first-order chi connectivity index (χ1) is 11.2. The number of imidazole rings is 1. The maximum Gasteiger partial charge on any atom is 0.321 e. The molecule has 0 saturated carbocycles. The molecule has 11 nitrogen and oxygen atoms in total. The summed E-state index contributed by atoms with van der Waals surface area (Å²) in [6.07, 6.45) is 0.893. The Hall–Kier alpha value is -2.62. The first-order valence-electron chi connectivity index (χ1n) is 6.84. The van der Waals surface area contributed by atoms with Gasteiger partial charge in [-0.3, -0.25) is 4.57 Å². The average Bonchev–Trinajstić information content (AvgIpc) is 3.17. The molecule has 3 heterocycles. The molecule has 1 saturated heterocycles. The van der Waals surface area contributed by atoms with Crippen molar-refractivity contribution in [1.82, 2.24) is 19.5 Å². The quantitative estimate of drug-likeness (QED) is 0.488. The second-order valence-electron chi connectivity index (χ2n) is 4.86. The summed E-state index contributed by atoms with van der Waals surface area (Å²) in [4.78, 5) is 15.4. The van der Waals surface area contributed by atoms with Crippen molar-refractivity contribution in [2.24, 2.45) is 5.11 Å². The van der Waals surface area contributed by atoms with Crippen LogP contribution in [0.1, 0.15) is 12.6 Å². The SMILES string of the molecule is COc1nc(OC)c2ncn([C@H]3CC(N=[N+]=[N-])[C@@H](CO)O3)c2n1. The van der Waals surface area contributed by atoms with Gasteiger partial charge in [0.25, 0.3) is 0 Å². The van der Waals surface area contributed by atoms with Crippen LogP contribution in [-0.2, 0) is 4.74 Å². The van der Waals surface area contributed by atoms with E-state index in [1.165, 1.54) is 14.2 Å². The summed E-state index contributed by atoms with van der Waals surface area (Å²) in [5.74, 6) is 0.286. The van der Waals surface area contributed by atoms with Crippen molar-refractivity contribution >= 4 is 11.2 Å². The Morgan fingerprint density at radius 2 is 2.30 bits per heavy atom. The molecule has 122 valence electrons. The first-order valence-corrected chi connectivity index (χ1v) is 6.84. The van der Waals surface area contributed by atoms with E-state index in [1.54, 1.807) is 10.9 Å². The summed E-state index contributed by atoms with van der Waals surface area (Å²) in [5, 5.41) is 13.0. The number of nitrogens with zero attached hydrogens (tertiary/aromatic N) is 7. The predicted octanol–water partition coefficient (Wildman–Crippen LogP) is 0.802. The minimum atomic E-state index is -0.570. The fourth-order valence-electron chi connectivity index (χ4n) is 2.55. The first kappa shape index (κ1) is 15.3. The molecule has 0 aromatic carbocycles. The summed E-state index contributed by atoms with van der Waals surface area (Å²) in [5.41, 5.74) is 9.55. The Morgan fingerprint density at radius 1 is 1.48 bits per heavy atom. The molecular weight excluding hydrogens is 306 g/mol. The van der Waals surface area contributed by atoms with Gasteiger partial charge in [-0.25, -0.2) is 4.98 Å². The van der Waals surface area contributed by atoms with E-state index < -0.39 is 18.4 Å². The van der Waals surface area contributed by atoms with Crippen molar-refractivity contribution in [3.05, 3.63) is 16.8 Å². The van der Waals surface area contributed by atoms with E-state index >= 15 is 0 Å². The zero-order valence-corrected chi connectivity index (χ0v) is 12.5. The van der Waals surface area contributed by atoms with Crippen molar-refractivity contribution in [3.8, 4) is 11.9 Å². The van der Waals surface area contributed by atoms with Gasteiger partial charge in [-0.15, -0.1) is 0 Å². The highest BCUT2D eigenvalue weighted by Crippen LogP contribution is 2.34. The van der Waals surface area contributed by atoms with E-state index in [0.717, 1.165) is 0 Å². The molecule has 3 atom stereocenters. The van der Waals surface area contributed by atoms with Crippen molar-refractivity contribution in [3.63, 3.8) is 0 Å². The smallest absolute Gasteiger partial charge is 0.321 e. The minimum Gasteiger partial charge on any atom is -0.479 e. The van der Waals surface area contributed by atoms with Gasteiger partial charge in [0, 0.05) is 11.3 Å². The summed E-state index contributed by atoms with van der Waals surface area (Å²) in [6.45, 7) is -0.242. The third-order valence-corrected chi connectivity index (χ3v) is 3.64. The standard InChI is InChI=1S/C12H15N7O4/c1-21-11-9-10(15-12(16-11)22-2)19(5-14-9)8-3-6(17-18-13)7(4-20)23-8/h5-8,20H,3-4H2,1-2H3/t6?,7-,8-/m1/s1. The van der Waals surface area contributed by atoms with Gasteiger partial charge in [0.2, 0.25) is 5.88 Å². The van der Waals surface area contributed by atoms with Crippen LogP contribution < -0.4 is 9.47 Å². The summed E-state index contributed by atoms with van der Waals surface area (Å²) >= 11 is 0. The number of ether oxygens (including phenoxy) is 3. The number of fused-ring (bicyclic) bond motifs is 1. The molecule has 0 radical (unpaired) electrons. The molecule has 0 spiro atoms. The lowest BCUT2D eigenvalue weighted by atomic mass is 10.1. The average molecular weight is 321 g/mol. The van der Waals surface area contributed by atoms with Crippen molar-refractivity contribution < 1.29 is 19.3 Å². The molecule has 23 heavy (non-hydrogen) atoms. The maximum absolute atomic E-state index is 9.36. The van der Waals surface area contributed by atoms with Crippen LogP contribution in [0, 0.1) is 0 Å². The van der Waals surface area contributed by atoms with Gasteiger partial charge in [-0.05, 0) is 5.53 Å². The van der Waals surface area contributed by atoms with Crippen LogP contribution in [-0.4, -0.2) is 57.6 Å². The number of aliphatic hydroxyl groups is 1. The summed E-state index contributed by atoms with van der Waals surface area (Å²) in [6, 6.07) is -0.322. The predicted molar refractivity (Wildman–Crippen MR) is 77.0 cm³/mol. The number of hydrogen-bond donors (Lipinski definition) is 1. The molecule has 2 aromatic rings. The molecule has 2 aromatic heterocycles. The summed E-state index contributed by atoms with van der Waals surface area (Å²) < 4.78 is 17.7. The van der Waals surface area contributed by atoms with Gasteiger partial charge < -0.3 is 19.3 Å². The van der Waals surface area contributed by atoms with E-state index in [1.807, 2.05) is 0 Å². The number of methoxy groups -OCH3 is 2. The fourth-order valence-corrected chi connectivity index (χ4v) is 2.55. The molecular formula is C12H15N7O4. The molecule has 1 unspecified atom stereocenters. The van der Waals surface area contributed by atoms with Gasteiger partial charge in [-0.2, -0.15) is 9.97 Å². The maximum atomic E-state index is 9.36. The second kappa shape index (κ2) is 6.24. The van der Waals surface area contributed by atoms with Crippen LogP contribution in [0.25, 0.3) is 21.6 Å². The van der Waals surface area contributed by atoms with Gasteiger partial charge >= 0.3 is 6.01 Å². The lowest BCUT2D eigenvalue weighted by molar-refractivity contribution is -0.0233. The normalized spacial score (nSPS) is 23.7. The molecule has 1 aliphatic heterocycles. The highest BCUT2D eigenvalue weighted by atomic mass is 16.5. The molecule has 1 aliphatic rings. The third kappa shape index (κ3) is 2.61. The van der Waals surface area contributed by atoms with E-state index in [4.69, 9.17) is 19.7 Å². The Balaban J connectivity index is 2.02. The van der Waals surface area contributed by atoms with E-state index in [0.29, 0.717) is 17.6 Å². The third-order valence-electron chi connectivity index (χ3n) is 3.64. The van der Waals surface area contributed by atoms with Crippen LogP contribution in [0.2, 0.25) is 0 Å². The van der Waals surface area contributed by atoms with Crippen LogP contribution >= 0.6 is 0 Å². The molecule has 1 fully saturated rings. The zero-order valence-electron chi connectivity index (χ0n) is 12.5. The Bertz CT molecular complexity index is 757. The van der Waals surface area contributed by atoms with Gasteiger partial charge in [0.05, 0.1) is 39.3 Å². The zero-order chi connectivity index (χ0) is 16.4. The Morgan fingerprint density at radius 3 is 2.96 bits per heavy atom. The Labute approximate surface area is 130 Å². The molecule has 1 N–H and O–H groups in total. The highest BCUT2D eigenvalue weighted by Gasteiger charge is 2.36. The second-order valence-corrected chi connectivity index (χ2v) is 4.86. The van der Waals surface area contributed by atoms with Crippen LogP contribution in [0.5, 0.6) is 11.9 Å².